The molecule has 0 amide bonds. The van der Waals surface area contributed by atoms with E-state index in [2.05, 4.69) is 18.7 Å². The molecule has 1 aliphatic rings. The van der Waals surface area contributed by atoms with E-state index in [1.165, 1.54) is 11.1 Å². The molecule has 2 atom stereocenters. The van der Waals surface area contributed by atoms with Gasteiger partial charge in [0.15, 0.2) is 0 Å². The Balaban J connectivity index is 1.80. The highest BCUT2D eigenvalue weighted by Gasteiger charge is 2.39. The van der Waals surface area contributed by atoms with Crippen molar-refractivity contribution in [1.82, 2.24) is 0 Å². The third-order valence-electron chi connectivity index (χ3n) is 4.77. The molecule has 0 N–H and O–H groups in total. The Labute approximate surface area is 127 Å². The van der Waals surface area contributed by atoms with E-state index in [4.69, 9.17) is 4.42 Å². The Morgan fingerprint density at radius 3 is 2.18 bits per heavy atom. The Kier molecular flexibility index (Phi) is 2.52. The molecule has 112 valence electrons. The molecule has 4 rings (SSSR count). The number of hydrogen-bond donors (Lipinski definition) is 0. The lowest BCUT2D eigenvalue weighted by Gasteiger charge is -2.29. The first-order valence-electron chi connectivity index (χ1n) is 7.37. The Bertz CT molecular complexity index is 844. The summed E-state index contributed by atoms with van der Waals surface area (Å²) in [6, 6.07) is 9.76. The zero-order chi connectivity index (χ0) is 15.6. The second-order valence-electron chi connectivity index (χ2n) is 5.98. The summed E-state index contributed by atoms with van der Waals surface area (Å²) in [4.78, 5) is 13.0. The maximum atomic E-state index is 11.0. The van der Waals surface area contributed by atoms with Crippen LogP contribution in [0.4, 0.5) is 11.4 Å². The van der Waals surface area contributed by atoms with Crippen LogP contribution in [0.15, 0.2) is 34.7 Å². The van der Waals surface area contributed by atoms with Gasteiger partial charge in [-0.3, -0.25) is 10.1 Å². The van der Waals surface area contributed by atoms with Crippen molar-refractivity contribution in [1.29, 1.82) is 0 Å². The monoisotopic (exact) mass is 296 g/mol. The Morgan fingerprint density at radius 2 is 1.68 bits per heavy atom. The first kappa shape index (κ1) is 13.1. The van der Waals surface area contributed by atoms with E-state index in [1.54, 1.807) is 13.0 Å². The van der Waals surface area contributed by atoms with Crippen molar-refractivity contribution in [3.63, 3.8) is 0 Å². The van der Waals surface area contributed by atoms with Crippen molar-refractivity contribution in [3.05, 3.63) is 57.1 Å². The molecule has 22 heavy (non-hydrogen) atoms. The molecule has 1 aromatic carbocycles. The summed E-state index contributed by atoms with van der Waals surface area (Å²) in [5, 5.41) is 11.0. The summed E-state index contributed by atoms with van der Waals surface area (Å²) in [6.45, 7) is 6.09. The van der Waals surface area contributed by atoms with Gasteiger partial charge in [-0.1, -0.05) is 0 Å². The molecule has 0 radical (unpaired) electrons. The number of nitro groups is 1. The van der Waals surface area contributed by atoms with Gasteiger partial charge in [-0.05, 0) is 45.0 Å². The molecule has 5 heteroatoms. The first-order chi connectivity index (χ1) is 10.5. The lowest BCUT2D eigenvalue weighted by atomic mass is 10.0. The maximum absolute atomic E-state index is 11.0. The van der Waals surface area contributed by atoms with E-state index in [0.717, 1.165) is 16.9 Å². The average Bonchev–Trinajstić information content (AvgIpc) is 3.12. The number of aryl methyl sites for hydroxylation is 1. The summed E-state index contributed by atoms with van der Waals surface area (Å²) in [5.41, 5.74) is 6.26. The molecule has 0 spiro atoms. The fourth-order valence-corrected chi connectivity index (χ4v) is 3.82. The number of nitrogens with zero attached hydrogens (tertiary/aromatic N) is 2. The van der Waals surface area contributed by atoms with Gasteiger partial charge in [0.1, 0.15) is 11.2 Å². The predicted octanol–water partition coefficient (Wildman–Crippen LogP) is 4.73. The highest BCUT2D eigenvalue weighted by molar-refractivity contribution is 5.78. The van der Waals surface area contributed by atoms with Crippen LogP contribution < -0.4 is 4.90 Å². The molecule has 0 saturated carbocycles. The van der Waals surface area contributed by atoms with Crippen LogP contribution in [0.25, 0.3) is 11.2 Å². The minimum absolute atomic E-state index is 0.164. The third kappa shape index (κ3) is 1.53. The molecule has 5 nitrogen and oxygen atoms in total. The second-order valence-corrected chi connectivity index (χ2v) is 5.98. The van der Waals surface area contributed by atoms with E-state index in [-0.39, 0.29) is 22.7 Å². The molecule has 2 bridgehead atoms. The summed E-state index contributed by atoms with van der Waals surface area (Å²) in [6.07, 6.45) is 0. The summed E-state index contributed by atoms with van der Waals surface area (Å²) < 4.78 is 5.77. The van der Waals surface area contributed by atoms with Gasteiger partial charge >= 0.3 is 0 Å². The van der Waals surface area contributed by atoms with Gasteiger partial charge in [0, 0.05) is 28.4 Å². The number of hydrogen-bond acceptors (Lipinski definition) is 4. The second kappa shape index (κ2) is 4.22. The van der Waals surface area contributed by atoms with E-state index in [1.807, 2.05) is 24.3 Å². The van der Waals surface area contributed by atoms with E-state index < -0.39 is 0 Å². The lowest BCUT2D eigenvalue weighted by Crippen LogP contribution is -2.22. The van der Waals surface area contributed by atoms with Gasteiger partial charge in [-0.15, -0.1) is 0 Å². The maximum Gasteiger partial charge on any atom is 0.272 e. The van der Waals surface area contributed by atoms with Gasteiger partial charge in [0.05, 0.1) is 17.0 Å². The van der Waals surface area contributed by atoms with Crippen LogP contribution in [0.2, 0.25) is 0 Å². The van der Waals surface area contributed by atoms with Crippen molar-refractivity contribution < 1.29 is 9.34 Å². The highest BCUT2D eigenvalue weighted by atomic mass is 16.6. The molecule has 0 saturated heterocycles. The zero-order valence-electron chi connectivity index (χ0n) is 12.7. The molecular formula is C17H16N2O3. The van der Waals surface area contributed by atoms with Crippen LogP contribution in [-0.2, 0) is 0 Å². The fourth-order valence-electron chi connectivity index (χ4n) is 3.82. The largest absolute Gasteiger partial charge is 0.457 e. The number of furan rings is 2. The molecular weight excluding hydrogens is 280 g/mol. The van der Waals surface area contributed by atoms with Crippen molar-refractivity contribution in [2.45, 2.75) is 32.9 Å². The zero-order valence-corrected chi connectivity index (χ0v) is 12.7. The van der Waals surface area contributed by atoms with Crippen LogP contribution in [0.1, 0.15) is 42.6 Å². The minimum atomic E-state index is -0.335. The number of nitro benzene ring substituents is 1. The van der Waals surface area contributed by atoms with Crippen LogP contribution in [0.3, 0.4) is 0 Å². The molecule has 3 heterocycles. The lowest BCUT2D eigenvalue weighted by molar-refractivity contribution is -0.385. The summed E-state index contributed by atoms with van der Waals surface area (Å²) >= 11 is 0. The van der Waals surface area contributed by atoms with Gasteiger partial charge < -0.3 is 9.32 Å². The summed E-state index contributed by atoms with van der Waals surface area (Å²) in [5.74, 6) is 0. The van der Waals surface area contributed by atoms with Crippen LogP contribution >= 0.6 is 0 Å². The van der Waals surface area contributed by atoms with Crippen molar-refractivity contribution in [2.75, 3.05) is 4.90 Å². The molecule has 1 aliphatic heterocycles. The quantitative estimate of drug-likeness (QED) is 0.506. The highest BCUT2D eigenvalue weighted by Crippen LogP contribution is 2.50. The third-order valence-corrected chi connectivity index (χ3v) is 4.77. The van der Waals surface area contributed by atoms with E-state index >= 15 is 0 Å². The summed E-state index contributed by atoms with van der Waals surface area (Å²) in [7, 11) is 0. The average molecular weight is 296 g/mol. The first-order valence-corrected chi connectivity index (χ1v) is 7.37. The van der Waals surface area contributed by atoms with Gasteiger partial charge in [0.2, 0.25) is 0 Å². The number of rotatable bonds is 2. The number of anilines is 1. The molecule has 0 fully saturated rings. The molecule has 2 unspecified atom stereocenters. The van der Waals surface area contributed by atoms with Crippen molar-refractivity contribution in [2.24, 2.45) is 0 Å². The number of fused-ring (bicyclic) bond motifs is 5. The molecule has 0 aliphatic carbocycles. The van der Waals surface area contributed by atoms with Gasteiger partial charge in [0.25, 0.3) is 5.69 Å². The predicted molar refractivity (Wildman–Crippen MR) is 84.5 cm³/mol. The normalized spacial score (nSPS) is 20.8. The van der Waals surface area contributed by atoms with Crippen molar-refractivity contribution in [3.8, 4) is 0 Å². The topological polar surface area (TPSA) is 59.5 Å². The van der Waals surface area contributed by atoms with Crippen LogP contribution in [0.5, 0.6) is 0 Å². The minimum Gasteiger partial charge on any atom is -0.457 e. The van der Waals surface area contributed by atoms with E-state index in [0.29, 0.717) is 5.56 Å². The Morgan fingerprint density at radius 1 is 1.09 bits per heavy atom. The van der Waals surface area contributed by atoms with Crippen molar-refractivity contribution >= 4 is 22.5 Å². The van der Waals surface area contributed by atoms with Crippen LogP contribution in [0, 0.1) is 17.0 Å². The molecule has 2 aromatic heterocycles. The fraction of sp³-hybridized carbons (Fsp3) is 0.294. The Hall–Kier alpha value is -2.56. The SMILES string of the molecule is Cc1cc(N2C(C)c3c(c4ccc3o4)C2C)ccc1[N+](=O)[O-]. The number of benzene rings is 2. The van der Waals surface area contributed by atoms with Gasteiger partial charge in [-0.25, -0.2) is 0 Å². The van der Waals surface area contributed by atoms with E-state index in [9.17, 15) is 10.1 Å². The van der Waals surface area contributed by atoms with Gasteiger partial charge in [-0.2, -0.15) is 0 Å². The standard InChI is InChI=1S/C17H16N2O3/c1-9-8-12(4-5-13(9)19(20)21)18-10(2)16-14-6-7-15(22-14)17(16)11(18)3/h4-8,10-11H,1-3H3. The van der Waals surface area contributed by atoms with Crippen LogP contribution in [-0.4, -0.2) is 4.92 Å². The smallest absolute Gasteiger partial charge is 0.272 e. The molecule has 3 aromatic rings.